The van der Waals surface area contributed by atoms with E-state index in [0.717, 1.165) is 60.1 Å². The van der Waals surface area contributed by atoms with E-state index in [9.17, 15) is 19.5 Å². The summed E-state index contributed by atoms with van der Waals surface area (Å²) in [4.78, 5) is 39.6. The number of aliphatic carboxylic acids is 1. The van der Waals surface area contributed by atoms with Gasteiger partial charge < -0.3 is 15.2 Å². The minimum absolute atomic E-state index is 0.0313. The molecule has 2 fully saturated rings. The fourth-order valence-corrected chi connectivity index (χ4v) is 7.66. The molecule has 0 spiro atoms. The first-order chi connectivity index (χ1) is 15.3. The van der Waals surface area contributed by atoms with E-state index in [2.05, 4.69) is 12.2 Å². The maximum atomic E-state index is 13.5. The summed E-state index contributed by atoms with van der Waals surface area (Å²) < 4.78 is 5.33. The molecule has 174 valence electrons. The highest BCUT2D eigenvalue weighted by molar-refractivity contribution is 7.17. The van der Waals surface area contributed by atoms with Gasteiger partial charge in [-0.15, -0.1) is 11.3 Å². The van der Waals surface area contributed by atoms with Crippen molar-refractivity contribution in [3.8, 4) is 0 Å². The highest BCUT2D eigenvalue weighted by atomic mass is 32.1. The number of nitrogens with one attached hydrogen (secondary N) is 1. The predicted molar refractivity (Wildman–Crippen MR) is 124 cm³/mol. The number of hydrogen-bond donors (Lipinski definition) is 2. The number of hydrogen-bond acceptors (Lipinski definition) is 5. The zero-order chi connectivity index (χ0) is 23.2. The highest BCUT2D eigenvalue weighted by Crippen LogP contribution is 2.57. The van der Waals surface area contributed by atoms with Gasteiger partial charge in [0.15, 0.2) is 0 Å². The van der Waals surface area contributed by atoms with Crippen molar-refractivity contribution in [3.63, 3.8) is 0 Å². The maximum Gasteiger partial charge on any atom is 0.341 e. The molecule has 0 aliphatic heterocycles. The first-order valence-corrected chi connectivity index (χ1v) is 12.6. The summed E-state index contributed by atoms with van der Waals surface area (Å²) >= 11 is 1.47. The van der Waals surface area contributed by atoms with Gasteiger partial charge in [-0.2, -0.15) is 0 Å². The second-order valence-corrected chi connectivity index (χ2v) is 10.7. The number of carbonyl (C=O) groups excluding carboxylic acids is 2. The van der Waals surface area contributed by atoms with Gasteiger partial charge in [-0.05, 0) is 76.2 Å². The lowest BCUT2D eigenvalue weighted by Crippen LogP contribution is -2.38. The number of thiophene rings is 1. The van der Waals surface area contributed by atoms with Crippen molar-refractivity contribution >= 4 is 34.2 Å². The Hall–Kier alpha value is -2.15. The molecule has 1 heterocycles. The molecule has 1 aromatic rings. The van der Waals surface area contributed by atoms with Crippen LogP contribution in [0.1, 0.15) is 74.2 Å². The fraction of sp³-hybridized carbons (Fsp3) is 0.640. The number of anilines is 1. The number of ether oxygens (including phenoxy) is 1. The third-order valence-electron chi connectivity index (χ3n) is 7.67. The Labute approximate surface area is 193 Å². The van der Waals surface area contributed by atoms with Crippen LogP contribution in [0.25, 0.3) is 0 Å². The highest BCUT2D eigenvalue weighted by Gasteiger charge is 2.57. The van der Waals surface area contributed by atoms with Gasteiger partial charge in [-0.1, -0.05) is 24.5 Å². The lowest BCUT2D eigenvalue weighted by molar-refractivity contribution is -0.148. The summed E-state index contributed by atoms with van der Waals surface area (Å²) in [7, 11) is 0. The van der Waals surface area contributed by atoms with Crippen LogP contribution in [0.3, 0.4) is 0 Å². The maximum absolute atomic E-state index is 13.5. The van der Waals surface area contributed by atoms with Crippen molar-refractivity contribution in [1.82, 2.24) is 0 Å². The fourth-order valence-electron chi connectivity index (χ4n) is 6.31. The topological polar surface area (TPSA) is 92.7 Å². The number of allylic oxidation sites excluding steroid dienone is 2. The monoisotopic (exact) mass is 459 g/mol. The third kappa shape index (κ3) is 3.78. The average molecular weight is 460 g/mol. The molecule has 3 aliphatic rings. The Morgan fingerprint density at radius 3 is 2.38 bits per heavy atom. The molecule has 2 bridgehead atoms. The molecular formula is C25H33NO5S. The Morgan fingerprint density at radius 2 is 1.78 bits per heavy atom. The second kappa shape index (κ2) is 9.00. The molecular weight excluding hydrogens is 426 g/mol. The predicted octanol–water partition coefficient (Wildman–Crippen LogP) is 5.07. The van der Waals surface area contributed by atoms with Gasteiger partial charge in [0.05, 0.1) is 24.0 Å². The first kappa shape index (κ1) is 23.0. The van der Waals surface area contributed by atoms with Crippen LogP contribution in [0.15, 0.2) is 11.1 Å². The summed E-state index contributed by atoms with van der Waals surface area (Å²) in [6.45, 7) is 8.24. The molecule has 0 radical (unpaired) electrons. The number of fused-ring (bicyclic) bond motifs is 3. The largest absolute Gasteiger partial charge is 0.481 e. The van der Waals surface area contributed by atoms with E-state index in [1.807, 2.05) is 13.8 Å². The van der Waals surface area contributed by atoms with E-state index in [4.69, 9.17) is 4.74 Å². The van der Waals surface area contributed by atoms with E-state index in [1.54, 1.807) is 6.92 Å². The molecule has 3 aliphatic carbocycles. The number of amides is 1. The normalized spacial score (nSPS) is 28.4. The van der Waals surface area contributed by atoms with Crippen molar-refractivity contribution in [1.29, 1.82) is 0 Å². The molecule has 0 unspecified atom stereocenters. The molecule has 1 aromatic heterocycles. The smallest absolute Gasteiger partial charge is 0.341 e. The molecule has 4 rings (SSSR count). The van der Waals surface area contributed by atoms with Crippen LogP contribution >= 0.6 is 11.3 Å². The van der Waals surface area contributed by atoms with E-state index in [-0.39, 0.29) is 24.3 Å². The molecule has 5 atom stereocenters. The first-order valence-electron chi connectivity index (χ1n) is 11.8. The standard InChI is InChI=1S/C25H33NO5S/c1-5-13-7-8-14-17(11-13)32-23(21(14)25(30)31-6-2)26-22(27)19-15-9-10-16(18(15)12(3)4)20(19)24(28)29/h13,15-16,19-20H,5-11H2,1-4H3,(H,26,27)(H,28,29)/t13-,15+,16+,19-,20+/m1/s1. The van der Waals surface area contributed by atoms with Crippen LogP contribution in [0, 0.1) is 29.6 Å². The summed E-state index contributed by atoms with van der Waals surface area (Å²) in [6.07, 6.45) is 5.50. The van der Waals surface area contributed by atoms with Crippen molar-refractivity contribution in [3.05, 3.63) is 27.2 Å². The quantitative estimate of drug-likeness (QED) is 0.458. The van der Waals surface area contributed by atoms with Crippen molar-refractivity contribution in [2.75, 3.05) is 11.9 Å². The number of rotatable bonds is 6. The summed E-state index contributed by atoms with van der Waals surface area (Å²) in [5, 5.41) is 13.5. The minimum Gasteiger partial charge on any atom is -0.481 e. The van der Waals surface area contributed by atoms with Crippen LogP contribution in [0.4, 0.5) is 5.00 Å². The number of carboxylic acid groups (broad SMARTS) is 1. The number of carboxylic acids is 1. The zero-order valence-corrected chi connectivity index (χ0v) is 20.1. The van der Waals surface area contributed by atoms with Crippen molar-refractivity contribution in [2.24, 2.45) is 29.6 Å². The van der Waals surface area contributed by atoms with Gasteiger partial charge >= 0.3 is 11.9 Å². The number of carbonyl (C=O) groups is 3. The zero-order valence-electron chi connectivity index (χ0n) is 19.3. The Bertz CT molecular complexity index is 973. The SMILES string of the molecule is CCOC(=O)c1c(NC(=O)[C@H]2[C@@H](C(=O)O)[C@H]3CC[C@H]2C3=C(C)C)sc2c1CC[C@@H](CC)C2. The van der Waals surface area contributed by atoms with Crippen LogP contribution in [0.5, 0.6) is 0 Å². The van der Waals surface area contributed by atoms with Gasteiger partial charge in [-0.25, -0.2) is 4.79 Å². The molecule has 2 saturated carbocycles. The second-order valence-electron chi connectivity index (χ2n) is 9.57. The van der Waals surface area contributed by atoms with Crippen LogP contribution in [-0.4, -0.2) is 29.6 Å². The minimum atomic E-state index is -0.905. The van der Waals surface area contributed by atoms with Crippen molar-refractivity contribution < 1.29 is 24.2 Å². The van der Waals surface area contributed by atoms with E-state index >= 15 is 0 Å². The molecule has 7 heteroatoms. The Morgan fingerprint density at radius 1 is 1.09 bits per heavy atom. The van der Waals surface area contributed by atoms with Gasteiger partial charge in [0, 0.05) is 4.88 Å². The summed E-state index contributed by atoms with van der Waals surface area (Å²) in [5.41, 5.74) is 3.76. The average Bonchev–Trinajstić information content (AvgIpc) is 3.42. The van der Waals surface area contributed by atoms with Crippen LogP contribution in [-0.2, 0) is 27.2 Å². The van der Waals surface area contributed by atoms with Gasteiger partial charge in [0.2, 0.25) is 5.91 Å². The molecule has 2 N–H and O–H groups in total. The molecule has 0 aromatic carbocycles. The van der Waals surface area contributed by atoms with Gasteiger partial charge in [0.1, 0.15) is 5.00 Å². The van der Waals surface area contributed by atoms with Crippen molar-refractivity contribution in [2.45, 2.75) is 66.2 Å². The lowest BCUT2D eigenvalue weighted by Gasteiger charge is -2.26. The van der Waals surface area contributed by atoms with Gasteiger partial charge in [0.25, 0.3) is 0 Å². The van der Waals surface area contributed by atoms with E-state index < -0.39 is 23.8 Å². The molecule has 0 saturated heterocycles. The van der Waals surface area contributed by atoms with E-state index in [1.165, 1.54) is 11.3 Å². The van der Waals surface area contributed by atoms with E-state index in [0.29, 0.717) is 16.5 Å². The third-order valence-corrected chi connectivity index (χ3v) is 8.84. The Kier molecular flexibility index (Phi) is 6.48. The van der Waals surface area contributed by atoms with Crippen LogP contribution < -0.4 is 5.32 Å². The lowest BCUT2D eigenvalue weighted by atomic mass is 9.78. The summed E-state index contributed by atoms with van der Waals surface area (Å²) in [6, 6.07) is 0. The van der Waals surface area contributed by atoms with Gasteiger partial charge in [-0.3, -0.25) is 9.59 Å². The van der Waals surface area contributed by atoms with Crippen LogP contribution in [0.2, 0.25) is 0 Å². The number of esters is 1. The molecule has 1 amide bonds. The summed E-state index contributed by atoms with van der Waals surface area (Å²) in [5.74, 6) is -2.40. The molecule has 6 nitrogen and oxygen atoms in total. The molecule has 32 heavy (non-hydrogen) atoms. The Balaban J connectivity index is 1.67.